The van der Waals surface area contributed by atoms with Crippen molar-refractivity contribution < 1.29 is 27.0 Å². The molecule has 4 heterocycles. The van der Waals surface area contributed by atoms with E-state index in [1.807, 2.05) is 0 Å². The molecule has 5 rings (SSSR count). The molecule has 0 amide bonds. The SMILES string of the molecule is Fc1cc(C(F)(F)F)ccc1COC1CN([C@@]23CNC[C@@H]2OCc2nn[nH]c23)C1. The number of benzene rings is 1. The third kappa shape index (κ3) is 3.03. The number of nitrogens with zero attached hydrogens (tertiary/aromatic N) is 3. The third-order valence-corrected chi connectivity index (χ3v) is 6.00. The van der Waals surface area contributed by atoms with Crippen LogP contribution in [0, 0.1) is 5.82 Å². The minimum absolute atomic E-state index is 0.0365. The fourth-order valence-corrected chi connectivity index (χ4v) is 4.39. The maximum atomic E-state index is 14.0. The minimum Gasteiger partial charge on any atom is -0.371 e. The Morgan fingerprint density at radius 2 is 2.14 bits per heavy atom. The summed E-state index contributed by atoms with van der Waals surface area (Å²) in [6, 6.07) is 2.50. The molecule has 2 aromatic rings. The molecule has 1 aromatic carbocycles. The van der Waals surface area contributed by atoms with E-state index in [0.29, 0.717) is 32.3 Å². The van der Waals surface area contributed by atoms with Crippen LogP contribution < -0.4 is 5.32 Å². The summed E-state index contributed by atoms with van der Waals surface area (Å²) in [5.41, 5.74) is 0.452. The Morgan fingerprint density at radius 3 is 2.90 bits per heavy atom. The summed E-state index contributed by atoms with van der Waals surface area (Å²) in [6.07, 6.45) is -4.75. The van der Waals surface area contributed by atoms with Crippen molar-refractivity contribution in [1.29, 1.82) is 0 Å². The maximum absolute atomic E-state index is 14.0. The Hall–Kier alpha value is -2.08. The fourth-order valence-electron chi connectivity index (χ4n) is 4.39. The van der Waals surface area contributed by atoms with Crippen LogP contribution in [-0.4, -0.2) is 58.7 Å². The highest BCUT2D eigenvalue weighted by Gasteiger charge is 2.57. The van der Waals surface area contributed by atoms with E-state index in [0.717, 1.165) is 30.1 Å². The Labute approximate surface area is 163 Å². The summed E-state index contributed by atoms with van der Waals surface area (Å²) >= 11 is 0. The van der Waals surface area contributed by atoms with Gasteiger partial charge >= 0.3 is 6.18 Å². The molecule has 3 aliphatic heterocycles. The van der Waals surface area contributed by atoms with Gasteiger partial charge in [-0.15, -0.1) is 5.10 Å². The van der Waals surface area contributed by atoms with Crippen molar-refractivity contribution in [2.75, 3.05) is 26.2 Å². The van der Waals surface area contributed by atoms with Crippen molar-refractivity contribution in [2.45, 2.75) is 37.1 Å². The van der Waals surface area contributed by atoms with Gasteiger partial charge in [-0.3, -0.25) is 10.00 Å². The lowest BCUT2D eigenvalue weighted by molar-refractivity contribution is -0.152. The van der Waals surface area contributed by atoms with Crippen LogP contribution in [-0.2, 0) is 34.4 Å². The van der Waals surface area contributed by atoms with Crippen LogP contribution in [0.5, 0.6) is 0 Å². The number of hydrogen-bond acceptors (Lipinski definition) is 6. The van der Waals surface area contributed by atoms with Gasteiger partial charge in [0.2, 0.25) is 0 Å². The molecule has 0 unspecified atom stereocenters. The number of aromatic amines is 1. The number of ether oxygens (including phenoxy) is 2. The quantitative estimate of drug-likeness (QED) is 0.742. The zero-order valence-corrected chi connectivity index (χ0v) is 15.3. The molecule has 0 spiro atoms. The van der Waals surface area contributed by atoms with E-state index in [9.17, 15) is 17.6 Å². The lowest BCUT2D eigenvalue weighted by Gasteiger charge is -2.52. The van der Waals surface area contributed by atoms with Crippen molar-refractivity contribution in [3.63, 3.8) is 0 Å². The Kier molecular flexibility index (Phi) is 4.39. The molecule has 0 radical (unpaired) electrons. The van der Waals surface area contributed by atoms with E-state index in [1.54, 1.807) is 0 Å². The van der Waals surface area contributed by atoms with Crippen LogP contribution in [0.15, 0.2) is 18.2 Å². The second-order valence-electron chi connectivity index (χ2n) is 7.63. The molecule has 0 saturated carbocycles. The lowest BCUT2D eigenvalue weighted by atomic mass is 9.83. The molecule has 1 aromatic heterocycles. The molecule has 0 aliphatic carbocycles. The average Bonchev–Trinajstić information content (AvgIpc) is 3.27. The monoisotopic (exact) mass is 413 g/mol. The van der Waals surface area contributed by atoms with E-state index >= 15 is 0 Å². The summed E-state index contributed by atoms with van der Waals surface area (Å²) < 4.78 is 63.7. The molecule has 3 aliphatic rings. The number of likely N-dealkylation sites (tertiary alicyclic amines) is 1. The summed E-state index contributed by atoms with van der Waals surface area (Å²) in [5.74, 6) is -0.913. The molecule has 2 fully saturated rings. The van der Waals surface area contributed by atoms with E-state index in [4.69, 9.17) is 9.47 Å². The van der Waals surface area contributed by atoms with Crippen LogP contribution >= 0.6 is 0 Å². The third-order valence-electron chi connectivity index (χ3n) is 6.00. The number of nitrogens with one attached hydrogen (secondary N) is 2. The molecule has 7 nitrogen and oxygen atoms in total. The summed E-state index contributed by atoms with van der Waals surface area (Å²) in [6.45, 7) is 2.95. The zero-order chi connectivity index (χ0) is 20.2. The van der Waals surface area contributed by atoms with Crippen LogP contribution in [0.4, 0.5) is 17.6 Å². The van der Waals surface area contributed by atoms with Crippen molar-refractivity contribution in [3.05, 3.63) is 46.5 Å². The molecule has 2 atom stereocenters. The van der Waals surface area contributed by atoms with Gasteiger partial charge in [-0.25, -0.2) is 4.39 Å². The number of fused-ring (bicyclic) bond motifs is 3. The number of H-pyrrole nitrogens is 1. The first-order valence-electron chi connectivity index (χ1n) is 9.33. The van der Waals surface area contributed by atoms with Crippen LogP contribution in [0.2, 0.25) is 0 Å². The molecule has 29 heavy (non-hydrogen) atoms. The maximum Gasteiger partial charge on any atom is 0.416 e. The molecule has 11 heteroatoms. The second-order valence-corrected chi connectivity index (χ2v) is 7.63. The summed E-state index contributed by atoms with van der Waals surface area (Å²) in [7, 11) is 0. The van der Waals surface area contributed by atoms with E-state index in [1.165, 1.54) is 0 Å². The van der Waals surface area contributed by atoms with Crippen molar-refractivity contribution >= 4 is 0 Å². The van der Waals surface area contributed by atoms with Crippen LogP contribution in [0.25, 0.3) is 0 Å². The number of aromatic nitrogens is 3. The molecule has 2 N–H and O–H groups in total. The minimum atomic E-state index is -4.57. The Balaban J connectivity index is 1.23. The first-order valence-corrected chi connectivity index (χ1v) is 9.33. The summed E-state index contributed by atoms with van der Waals surface area (Å²) in [5, 5.41) is 14.4. The standard InChI is InChI=1S/C18H19F4N5O2/c19-13-3-11(18(20,21)22)2-1-10(13)7-28-12-5-27(6-12)17-9-23-4-15(17)29-8-14-16(17)25-26-24-14/h1-3,12,15,23H,4-9H2,(H,24,25,26)/t15-,17-/m0/s1. The molecular weight excluding hydrogens is 394 g/mol. The van der Waals surface area contributed by atoms with Gasteiger partial charge in [0.15, 0.2) is 0 Å². The fraction of sp³-hybridized carbons (Fsp3) is 0.556. The van der Waals surface area contributed by atoms with Gasteiger partial charge in [-0.1, -0.05) is 11.3 Å². The average molecular weight is 413 g/mol. The number of rotatable bonds is 4. The normalized spacial score (nSPS) is 27.5. The molecular formula is C18H19F4N5O2. The van der Waals surface area contributed by atoms with E-state index in [-0.39, 0.29) is 24.4 Å². The number of alkyl halides is 3. The Morgan fingerprint density at radius 1 is 1.31 bits per heavy atom. The van der Waals surface area contributed by atoms with Gasteiger partial charge in [0.05, 0.1) is 36.7 Å². The summed E-state index contributed by atoms with van der Waals surface area (Å²) in [4.78, 5) is 2.23. The highest BCUT2D eigenvalue weighted by molar-refractivity contribution is 5.29. The predicted octanol–water partition coefficient (Wildman–Crippen LogP) is 1.56. The number of hydrogen-bond donors (Lipinski definition) is 2. The highest BCUT2D eigenvalue weighted by Crippen LogP contribution is 2.43. The highest BCUT2D eigenvalue weighted by atomic mass is 19.4. The molecule has 0 bridgehead atoms. The Bertz CT molecular complexity index is 914. The van der Waals surface area contributed by atoms with Gasteiger partial charge in [0, 0.05) is 31.7 Å². The number of halogens is 4. The van der Waals surface area contributed by atoms with E-state index in [2.05, 4.69) is 25.6 Å². The van der Waals surface area contributed by atoms with Crippen molar-refractivity contribution in [2.24, 2.45) is 0 Å². The smallest absolute Gasteiger partial charge is 0.371 e. The molecule has 156 valence electrons. The van der Waals surface area contributed by atoms with Gasteiger partial charge in [0.1, 0.15) is 17.1 Å². The first kappa shape index (κ1) is 18.9. The van der Waals surface area contributed by atoms with Crippen molar-refractivity contribution in [1.82, 2.24) is 25.6 Å². The van der Waals surface area contributed by atoms with Gasteiger partial charge in [-0.05, 0) is 12.1 Å². The molecule has 2 saturated heterocycles. The van der Waals surface area contributed by atoms with Gasteiger partial charge in [0.25, 0.3) is 0 Å². The zero-order valence-electron chi connectivity index (χ0n) is 15.3. The van der Waals surface area contributed by atoms with Crippen LogP contribution in [0.1, 0.15) is 22.5 Å². The van der Waals surface area contributed by atoms with Gasteiger partial charge < -0.3 is 14.8 Å². The van der Waals surface area contributed by atoms with Crippen LogP contribution in [0.3, 0.4) is 0 Å². The van der Waals surface area contributed by atoms with Gasteiger partial charge in [-0.2, -0.15) is 13.2 Å². The second kappa shape index (κ2) is 6.73. The lowest BCUT2D eigenvalue weighted by Crippen LogP contribution is -2.67. The first-order chi connectivity index (χ1) is 13.9. The van der Waals surface area contributed by atoms with E-state index < -0.39 is 23.1 Å². The largest absolute Gasteiger partial charge is 0.416 e. The topological polar surface area (TPSA) is 75.3 Å². The van der Waals surface area contributed by atoms with Crippen molar-refractivity contribution in [3.8, 4) is 0 Å². The predicted molar refractivity (Wildman–Crippen MR) is 91.1 cm³/mol.